The van der Waals surface area contributed by atoms with Crippen LogP contribution in [0.15, 0.2) is 59.1 Å². The van der Waals surface area contributed by atoms with E-state index in [1.54, 1.807) is 11.9 Å². The third-order valence-electron chi connectivity index (χ3n) is 5.25. The number of nitrogens with zero attached hydrogens (tertiary/aromatic N) is 2. The van der Waals surface area contributed by atoms with Gasteiger partial charge in [0, 0.05) is 36.2 Å². The van der Waals surface area contributed by atoms with Gasteiger partial charge in [0.1, 0.15) is 12.4 Å². The number of hydrogen-bond acceptors (Lipinski definition) is 4. The van der Waals surface area contributed by atoms with Crippen LogP contribution in [0.3, 0.4) is 0 Å². The van der Waals surface area contributed by atoms with Gasteiger partial charge in [-0.1, -0.05) is 34.1 Å². The fourth-order valence-corrected chi connectivity index (χ4v) is 3.63. The highest BCUT2D eigenvalue weighted by Crippen LogP contribution is 2.16. The topological polar surface area (TPSA) is 61.9 Å². The molecule has 0 unspecified atom stereocenters. The Balaban J connectivity index is 1.34. The van der Waals surface area contributed by atoms with Gasteiger partial charge in [0.05, 0.1) is 13.1 Å². The number of nitrogens with one attached hydrogen (secondary N) is 1. The number of halogens is 1. The van der Waals surface area contributed by atoms with Crippen LogP contribution in [0.2, 0.25) is 0 Å². The molecule has 30 heavy (non-hydrogen) atoms. The Hall–Kier alpha value is -2.38. The van der Waals surface area contributed by atoms with E-state index in [0.717, 1.165) is 36.2 Å². The number of ether oxygens (including phenoxy) is 1. The van der Waals surface area contributed by atoms with Crippen LogP contribution in [0.4, 0.5) is 0 Å². The number of carbonyl (C=O) groups is 2. The van der Waals surface area contributed by atoms with Gasteiger partial charge in [-0.3, -0.25) is 14.5 Å². The van der Waals surface area contributed by atoms with Gasteiger partial charge in [0.2, 0.25) is 5.91 Å². The lowest BCUT2D eigenvalue weighted by Crippen LogP contribution is -2.48. The lowest BCUT2D eigenvalue weighted by molar-refractivity contribution is -0.131. The summed E-state index contributed by atoms with van der Waals surface area (Å²) in [6, 6.07) is 17.1. The first-order valence-corrected chi connectivity index (χ1v) is 11.0. The molecule has 6 nitrogen and oxygen atoms in total. The highest BCUT2D eigenvalue weighted by atomic mass is 79.9. The molecule has 7 heteroatoms. The summed E-state index contributed by atoms with van der Waals surface area (Å²) in [6.07, 6.45) is 1.70. The first-order valence-electron chi connectivity index (χ1n) is 10.2. The fraction of sp³-hybridized carbons (Fsp3) is 0.391. The summed E-state index contributed by atoms with van der Waals surface area (Å²) in [5, 5.41) is 3.10. The molecule has 2 amide bonds. The largest absolute Gasteiger partial charge is 0.492 e. The van der Waals surface area contributed by atoms with Crippen molar-refractivity contribution in [2.45, 2.75) is 18.9 Å². The van der Waals surface area contributed by atoms with Gasteiger partial charge in [0.15, 0.2) is 0 Å². The summed E-state index contributed by atoms with van der Waals surface area (Å²) in [5.74, 6) is 0.843. The number of likely N-dealkylation sites (tertiary alicyclic amines) is 1. The average molecular weight is 474 g/mol. The summed E-state index contributed by atoms with van der Waals surface area (Å²) in [4.78, 5) is 28.6. The van der Waals surface area contributed by atoms with E-state index in [-0.39, 0.29) is 17.9 Å². The molecule has 2 aromatic rings. The zero-order valence-corrected chi connectivity index (χ0v) is 18.8. The molecule has 0 saturated carbocycles. The van der Waals surface area contributed by atoms with Gasteiger partial charge in [-0.2, -0.15) is 0 Å². The maximum absolute atomic E-state index is 12.5. The Labute approximate surface area is 186 Å². The average Bonchev–Trinajstić information content (AvgIpc) is 2.77. The van der Waals surface area contributed by atoms with Crippen molar-refractivity contribution in [2.75, 3.05) is 39.8 Å². The molecule has 0 spiro atoms. The van der Waals surface area contributed by atoms with Crippen molar-refractivity contribution in [3.05, 3.63) is 64.6 Å². The van der Waals surface area contributed by atoms with Gasteiger partial charge >= 0.3 is 0 Å². The Kier molecular flexibility index (Phi) is 8.28. The second-order valence-electron chi connectivity index (χ2n) is 7.51. The summed E-state index contributed by atoms with van der Waals surface area (Å²) in [7, 11) is 1.81. The van der Waals surface area contributed by atoms with Crippen molar-refractivity contribution in [3.8, 4) is 5.75 Å². The summed E-state index contributed by atoms with van der Waals surface area (Å²) >= 11 is 3.40. The number of likely N-dealkylation sites (N-methyl/N-ethyl adjacent to an activating group) is 1. The first kappa shape index (κ1) is 22.3. The standard InChI is InChI=1S/C23H28BrN3O3/c1-26(15-16-30-21-9-7-19(24)8-10-21)22(28)17-27-13-11-20(12-14-27)25-23(29)18-5-3-2-4-6-18/h2-10,20H,11-17H2,1H3,(H,25,29). The minimum atomic E-state index is -0.0318. The lowest BCUT2D eigenvalue weighted by Gasteiger charge is -2.32. The van der Waals surface area contributed by atoms with Crippen molar-refractivity contribution >= 4 is 27.7 Å². The number of amides is 2. The van der Waals surface area contributed by atoms with Crippen LogP contribution in [0, 0.1) is 0 Å². The monoisotopic (exact) mass is 473 g/mol. The molecule has 2 aromatic carbocycles. The predicted molar refractivity (Wildman–Crippen MR) is 121 cm³/mol. The van der Waals surface area contributed by atoms with Gasteiger partial charge < -0.3 is 15.0 Å². The van der Waals surface area contributed by atoms with E-state index in [4.69, 9.17) is 4.74 Å². The van der Waals surface area contributed by atoms with E-state index >= 15 is 0 Å². The predicted octanol–water partition coefficient (Wildman–Crippen LogP) is 3.18. The number of hydrogen-bond donors (Lipinski definition) is 1. The third kappa shape index (κ3) is 6.85. The maximum Gasteiger partial charge on any atom is 0.251 e. The van der Waals surface area contributed by atoms with Crippen LogP contribution >= 0.6 is 15.9 Å². The molecule has 1 N–H and O–H groups in total. The molecule has 1 fully saturated rings. The molecule has 160 valence electrons. The van der Waals surface area contributed by atoms with E-state index in [1.165, 1.54) is 0 Å². The molecule has 0 radical (unpaired) electrons. The summed E-state index contributed by atoms with van der Waals surface area (Å²) in [6.45, 7) is 2.99. The van der Waals surface area contributed by atoms with E-state index in [0.29, 0.717) is 25.3 Å². The van der Waals surface area contributed by atoms with Crippen LogP contribution in [-0.4, -0.2) is 67.5 Å². The Morgan fingerprint density at radius 2 is 1.77 bits per heavy atom. The second-order valence-corrected chi connectivity index (χ2v) is 8.42. The van der Waals surface area contributed by atoms with E-state index < -0.39 is 0 Å². The normalized spacial score (nSPS) is 14.9. The second kappa shape index (κ2) is 11.1. The molecule has 0 aromatic heterocycles. The molecular formula is C23H28BrN3O3. The molecule has 1 aliphatic heterocycles. The molecule has 0 bridgehead atoms. The maximum atomic E-state index is 12.5. The fourth-order valence-electron chi connectivity index (χ4n) is 3.36. The molecule has 1 saturated heterocycles. The van der Waals surface area contributed by atoms with E-state index in [2.05, 4.69) is 26.1 Å². The van der Waals surface area contributed by atoms with Crippen molar-refractivity contribution in [3.63, 3.8) is 0 Å². The smallest absolute Gasteiger partial charge is 0.251 e. The van der Waals surface area contributed by atoms with Crippen LogP contribution in [-0.2, 0) is 4.79 Å². The molecule has 0 aliphatic carbocycles. The first-order chi connectivity index (χ1) is 14.5. The van der Waals surface area contributed by atoms with Crippen LogP contribution in [0.1, 0.15) is 23.2 Å². The Bertz CT molecular complexity index is 821. The van der Waals surface area contributed by atoms with Gasteiger partial charge in [0.25, 0.3) is 5.91 Å². The molecule has 0 atom stereocenters. The van der Waals surface area contributed by atoms with Crippen LogP contribution in [0.25, 0.3) is 0 Å². The molecular weight excluding hydrogens is 446 g/mol. The molecule has 1 aliphatic rings. The summed E-state index contributed by atoms with van der Waals surface area (Å²) < 4.78 is 6.70. The minimum absolute atomic E-state index is 0.0318. The number of piperidine rings is 1. The van der Waals surface area contributed by atoms with E-state index in [9.17, 15) is 9.59 Å². The lowest BCUT2D eigenvalue weighted by atomic mass is 10.0. The van der Waals surface area contributed by atoms with Gasteiger partial charge in [-0.05, 0) is 49.2 Å². The van der Waals surface area contributed by atoms with Crippen molar-refractivity contribution in [1.82, 2.24) is 15.1 Å². The number of rotatable bonds is 8. The minimum Gasteiger partial charge on any atom is -0.492 e. The quantitative estimate of drug-likeness (QED) is 0.639. The van der Waals surface area contributed by atoms with Gasteiger partial charge in [-0.25, -0.2) is 0 Å². The highest BCUT2D eigenvalue weighted by Gasteiger charge is 2.23. The van der Waals surface area contributed by atoms with Crippen LogP contribution in [0.5, 0.6) is 5.75 Å². The summed E-state index contributed by atoms with van der Waals surface area (Å²) in [5.41, 5.74) is 0.682. The van der Waals surface area contributed by atoms with Crippen LogP contribution < -0.4 is 10.1 Å². The highest BCUT2D eigenvalue weighted by molar-refractivity contribution is 9.10. The van der Waals surface area contributed by atoms with Crippen molar-refractivity contribution < 1.29 is 14.3 Å². The molecule has 1 heterocycles. The zero-order valence-electron chi connectivity index (χ0n) is 17.2. The third-order valence-corrected chi connectivity index (χ3v) is 5.78. The van der Waals surface area contributed by atoms with Crippen molar-refractivity contribution in [2.24, 2.45) is 0 Å². The number of carbonyl (C=O) groups excluding carboxylic acids is 2. The Morgan fingerprint density at radius 1 is 1.10 bits per heavy atom. The molecule has 3 rings (SSSR count). The Morgan fingerprint density at radius 3 is 2.43 bits per heavy atom. The number of benzene rings is 2. The van der Waals surface area contributed by atoms with Crippen molar-refractivity contribution in [1.29, 1.82) is 0 Å². The zero-order chi connectivity index (χ0) is 21.3. The van der Waals surface area contributed by atoms with E-state index in [1.807, 2.05) is 54.6 Å². The van der Waals surface area contributed by atoms with Gasteiger partial charge in [-0.15, -0.1) is 0 Å². The SMILES string of the molecule is CN(CCOc1ccc(Br)cc1)C(=O)CN1CCC(NC(=O)c2ccccc2)CC1.